The second-order valence-electron chi connectivity index (χ2n) is 2.61. The molecule has 0 saturated carbocycles. The Morgan fingerprint density at radius 3 is 3.08 bits per heavy atom. The highest BCUT2D eigenvalue weighted by Gasteiger charge is 2.03. The highest BCUT2D eigenvalue weighted by molar-refractivity contribution is 7.08. The van der Waals surface area contributed by atoms with Gasteiger partial charge in [0.05, 0.1) is 6.54 Å². The first-order valence-corrected chi connectivity index (χ1v) is 5.05. The molecule has 0 atom stereocenters. The molecule has 0 unspecified atom stereocenters. The predicted octanol–water partition coefficient (Wildman–Crippen LogP) is 1.93. The number of rotatable bonds is 5. The van der Waals surface area contributed by atoms with E-state index in [0.717, 1.165) is 18.5 Å². The van der Waals surface area contributed by atoms with Gasteiger partial charge >= 0.3 is 0 Å². The lowest BCUT2D eigenvalue weighted by Crippen LogP contribution is -2.23. The van der Waals surface area contributed by atoms with Crippen LogP contribution in [-0.4, -0.2) is 18.9 Å². The van der Waals surface area contributed by atoms with E-state index in [0.29, 0.717) is 6.54 Å². The Kier molecular flexibility index (Phi) is 3.97. The number of ketones is 1. The summed E-state index contributed by atoms with van der Waals surface area (Å²) in [4.78, 5) is 11.3. The number of hydrogen-bond acceptors (Lipinski definition) is 3. The Labute approximate surface area is 76.6 Å². The summed E-state index contributed by atoms with van der Waals surface area (Å²) in [5.74, 6) is 0.185. The number of carbonyl (C=O) groups excluding carboxylic acids is 1. The molecule has 1 aromatic heterocycles. The maximum atomic E-state index is 11.3. The summed E-state index contributed by atoms with van der Waals surface area (Å²) in [6.45, 7) is 3.46. The highest BCUT2D eigenvalue weighted by atomic mass is 32.1. The van der Waals surface area contributed by atoms with Crippen molar-refractivity contribution >= 4 is 17.1 Å². The first-order chi connectivity index (χ1) is 5.84. The van der Waals surface area contributed by atoms with Crippen LogP contribution in [0.5, 0.6) is 0 Å². The van der Waals surface area contributed by atoms with E-state index in [1.165, 1.54) is 0 Å². The summed E-state index contributed by atoms with van der Waals surface area (Å²) in [7, 11) is 0. The molecule has 1 N–H and O–H groups in total. The van der Waals surface area contributed by atoms with Gasteiger partial charge in [-0.25, -0.2) is 0 Å². The number of Topliss-reactive ketones (excluding diaryl/α,β-unsaturated/α-hetero) is 1. The quantitative estimate of drug-likeness (QED) is 0.558. The average Bonchev–Trinajstić information content (AvgIpc) is 2.56. The molecule has 2 nitrogen and oxygen atoms in total. The van der Waals surface area contributed by atoms with E-state index in [2.05, 4.69) is 12.2 Å². The zero-order valence-corrected chi connectivity index (χ0v) is 7.99. The second-order valence-corrected chi connectivity index (χ2v) is 3.39. The van der Waals surface area contributed by atoms with Gasteiger partial charge < -0.3 is 5.32 Å². The predicted molar refractivity (Wildman–Crippen MR) is 51.8 cm³/mol. The number of nitrogens with one attached hydrogen (secondary N) is 1. The molecule has 66 valence electrons. The van der Waals surface area contributed by atoms with Gasteiger partial charge in [0.15, 0.2) is 5.78 Å². The fraction of sp³-hybridized carbons (Fsp3) is 0.444. The number of carbonyl (C=O) groups is 1. The van der Waals surface area contributed by atoms with Gasteiger partial charge in [-0.3, -0.25) is 4.79 Å². The van der Waals surface area contributed by atoms with Crippen molar-refractivity contribution in [3.8, 4) is 0 Å². The fourth-order valence-electron chi connectivity index (χ4n) is 0.904. The lowest BCUT2D eigenvalue weighted by atomic mass is 10.2. The zero-order valence-electron chi connectivity index (χ0n) is 7.17. The monoisotopic (exact) mass is 183 g/mol. The molecule has 0 fully saturated rings. The summed E-state index contributed by atoms with van der Waals surface area (Å²) in [5, 5.41) is 6.89. The van der Waals surface area contributed by atoms with Crippen LogP contribution in [0.2, 0.25) is 0 Å². The fourth-order valence-corrected chi connectivity index (χ4v) is 1.56. The summed E-state index contributed by atoms with van der Waals surface area (Å²) in [5.41, 5.74) is 0.823. The third-order valence-corrected chi connectivity index (χ3v) is 2.24. The van der Waals surface area contributed by atoms with E-state index in [1.54, 1.807) is 11.3 Å². The first kappa shape index (κ1) is 9.42. The molecule has 0 aliphatic heterocycles. The maximum Gasteiger partial charge on any atom is 0.177 e. The molecule has 0 aromatic carbocycles. The Balaban J connectivity index is 2.30. The third-order valence-electron chi connectivity index (χ3n) is 1.56. The summed E-state index contributed by atoms with van der Waals surface area (Å²) in [6, 6.07) is 1.86. The minimum Gasteiger partial charge on any atom is -0.310 e. The van der Waals surface area contributed by atoms with Crippen LogP contribution in [0.15, 0.2) is 16.8 Å². The second kappa shape index (κ2) is 5.06. The van der Waals surface area contributed by atoms with Crippen molar-refractivity contribution in [3.05, 3.63) is 22.4 Å². The van der Waals surface area contributed by atoms with Crippen molar-refractivity contribution < 1.29 is 4.79 Å². The van der Waals surface area contributed by atoms with Gasteiger partial charge in [-0.15, -0.1) is 0 Å². The van der Waals surface area contributed by atoms with Crippen LogP contribution in [0, 0.1) is 0 Å². The Morgan fingerprint density at radius 1 is 1.67 bits per heavy atom. The van der Waals surface area contributed by atoms with Crippen molar-refractivity contribution in [2.75, 3.05) is 13.1 Å². The number of thiophene rings is 1. The summed E-state index contributed by atoms with van der Waals surface area (Å²) < 4.78 is 0. The van der Waals surface area contributed by atoms with Gasteiger partial charge in [-0.1, -0.05) is 6.92 Å². The van der Waals surface area contributed by atoms with Gasteiger partial charge in [0.2, 0.25) is 0 Å². The van der Waals surface area contributed by atoms with Crippen LogP contribution < -0.4 is 5.32 Å². The zero-order chi connectivity index (χ0) is 8.81. The number of hydrogen-bond donors (Lipinski definition) is 1. The lowest BCUT2D eigenvalue weighted by Gasteiger charge is -1.99. The van der Waals surface area contributed by atoms with E-state index in [9.17, 15) is 4.79 Å². The molecule has 0 radical (unpaired) electrons. The van der Waals surface area contributed by atoms with Crippen molar-refractivity contribution in [2.45, 2.75) is 13.3 Å². The largest absolute Gasteiger partial charge is 0.310 e. The van der Waals surface area contributed by atoms with E-state index in [4.69, 9.17) is 0 Å². The molecule has 1 rings (SSSR count). The average molecular weight is 183 g/mol. The Hall–Kier alpha value is -0.670. The molecule has 1 heterocycles. The Morgan fingerprint density at radius 2 is 2.50 bits per heavy atom. The van der Waals surface area contributed by atoms with Gasteiger partial charge in [0.1, 0.15) is 0 Å². The van der Waals surface area contributed by atoms with Crippen molar-refractivity contribution in [2.24, 2.45) is 0 Å². The smallest absolute Gasteiger partial charge is 0.177 e. The van der Waals surface area contributed by atoms with E-state index in [-0.39, 0.29) is 5.78 Å². The molecule has 1 aromatic rings. The lowest BCUT2D eigenvalue weighted by molar-refractivity contribution is 0.0992. The van der Waals surface area contributed by atoms with Crippen LogP contribution in [0.3, 0.4) is 0 Å². The van der Waals surface area contributed by atoms with Gasteiger partial charge in [-0.05, 0) is 24.4 Å². The molecule has 3 heteroatoms. The molecule has 0 bridgehead atoms. The van der Waals surface area contributed by atoms with Gasteiger partial charge in [0.25, 0.3) is 0 Å². The van der Waals surface area contributed by atoms with Crippen molar-refractivity contribution in [3.63, 3.8) is 0 Å². The van der Waals surface area contributed by atoms with E-state index >= 15 is 0 Å². The van der Waals surface area contributed by atoms with Crippen molar-refractivity contribution in [1.82, 2.24) is 5.32 Å². The standard InChI is InChI=1S/C9H13NOS/c1-2-4-10-6-9(11)8-3-5-12-7-8/h3,5,7,10H,2,4,6H2,1H3. The first-order valence-electron chi connectivity index (χ1n) is 4.10. The molecular weight excluding hydrogens is 170 g/mol. The normalized spacial score (nSPS) is 10.1. The minimum absolute atomic E-state index is 0.185. The minimum atomic E-state index is 0.185. The maximum absolute atomic E-state index is 11.3. The molecular formula is C9H13NOS. The molecule has 0 aliphatic carbocycles. The molecule has 12 heavy (non-hydrogen) atoms. The van der Waals surface area contributed by atoms with Crippen LogP contribution in [0.1, 0.15) is 23.7 Å². The van der Waals surface area contributed by atoms with E-state index in [1.807, 2.05) is 16.8 Å². The van der Waals surface area contributed by atoms with Gasteiger partial charge in [-0.2, -0.15) is 11.3 Å². The molecule has 0 amide bonds. The van der Waals surface area contributed by atoms with Crippen LogP contribution >= 0.6 is 11.3 Å². The third kappa shape index (κ3) is 2.75. The molecule has 0 aliphatic rings. The molecule has 0 spiro atoms. The summed E-state index contributed by atoms with van der Waals surface area (Å²) in [6.07, 6.45) is 1.07. The molecule has 0 saturated heterocycles. The van der Waals surface area contributed by atoms with Gasteiger partial charge in [0, 0.05) is 10.9 Å². The van der Waals surface area contributed by atoms with Crippen LogP contribution in [0.25, 0.3) is 0 Å². The topological polar surface area (TPSA) is 29.1 Å². The SMILES string of the molecule is CCCNCC(=O)c1ccsc1. The summed E-state index contributed by atoms with van der Waals surface area (Å²) >= 11 is 1.56. The van der Waals surface area contributed by atoms with Crippen LogP contribution in [-0.2, 0) is 0 Å². The van der Waals surface area contributed by atoms with Crippen LogP contribution in [0.4, 0.5) is 0 Å². The Bertz CT molecular complexity index is 231. The van der Waals surface area contributed by atoms with Crippen molar-refractivity contribution in [1.29, 1.82) is 0 Å². The van der Waals surface area contributed by atoms with E-state index < -0.39 is 0 Å². The highest BCUT2D eigenvalue weighted by Crippen LogP contribution is 2.05.